The molecule has 0 radical (unpaired) electrons. The molecule has 1 N–H and O–H groups in total. The molecule has 0 aliphatic heterocycles. The zero-order valence-electron chi connectivity index (χ0n) is 10.8. The van der Waals surface area contributed by atoms with Gasteiger partial charge in [0.1, 0.15) is 5.69 Å². The number of rotatable bonds is 4. The van der Waals surface area contributed by atoms with Crippen molar-refractivity contribution in [2.75, 3.05) is 11.6 Å². The summed E-state index contributed by atoms with van der Waals surface area (Å²) in [4.78, 5) is 10.8. The Labute approximate surface area is 131 Å². The molecule has 1 aromatic rings. The van der Waals surface area contributed by atoms with Crippen LogP contribution in [0.1, 0.15) is 25.7 Å². The van der Waals surface area contributed by atoms with Gasteiger partial charge < -0.3 is 5.32 Å². The van der Waals surface area contributed by atoms with E-state index >= 15 is 0 Å². The molecule has 0 atom stereocenters. The molecule has 0 heterocycles. The van der Waals surface area contributed by atoms with E-state index in [0.717, 1.165) is 21.7 Å². The van der Waals surface area contributed by atoms with Crippen molar-refractivity contribution in [1.29, 1.82) is 0 Å². The van der Waals surface area contributed by atoms with E-state index in [-0.39, 0.29) is 10.6 Å². The highest BCUT2D eigenvalue weighted by atomic mass is 127. The largest absolute Gasteiger partial charge is 0.377 e. The fourth-order valence-corrected chi connectivity index (χ4v) is 3.66. The third-order valence-electron chi connectivity index (χ3n) is 3.52. The molecular formula is C13H17IN2O2S. The van der Waals surface area contributed by atoms with Gasteiger partial charge in [-0.25, -0.2) is 0 Å². The van der Waals surface area contributed by atoms with Crippen LogP contribution in [-0.4, -0.2) is 22.5 Å². The Morgan fingerprint density at radius 1 is 1.37 bits per heavy atom. The van der Waals surface area contributed by atoms with Gasteiger partial charge in [0, 0.05) is 20.9 Å². The lowest BCUT2D eigenvalue weighted by molar-refractivity contribution is -0.384. The second-order valence-electron chi connectivity index (χ2n) is 4.77. The number of thioether (sulfide) groups is 1. The summed E-state index contributed by atoms with van der Waals surface area (Å²) in [6.45, 7) is 0. The number of hydrogen-bond acceptors (Lipinski definition) is 4. The number of nitrogens with one attached hydrogen (secondary N) is 1. The van der Waals surface area contributed by atoms with E-state index < -0.39 is 0 Å². The van der Waals surface area contributed by atoms with Crippen molar-refractivity contribution in [2.24, 2.45) is 0 Å². The summed E-state index contributed by atoms with van der Waals surface area (Å²) in [5.74, 6) is 0. The first-order valence-corrected chi connectivity index (χ1v) is 8.70. The van der Waals surface area contributed by atoms with Crippen LogP contribution in [0.3, 0.4) is 0 Å². The van der Waals surface area contributed by atoms with Gasteiger partial charge in [-0.2, -0.15) is 11.8 Å². The van der Waals surface area contributed by atoms with E-state index in [9.17, 15) is 10.1 Å². The number of nitrogens with zero attached hydrogens (tertiary/aromatic N) is 1. The Kier molecular flexibility index (Phi) is 5.32. The van der Waals surface area contributed by atoms with E-state index in [4.69, 9.17) is 0 Å². The first-order chi connectivity index (χ1) is 9.10. The van der Waals surface area contributed by atoms with Crippen LogP contribution >= 0.6 is 34.4 Å². The van der Waals surface area contributed by atoms with Crippen molar-refractivity contribution >= 4 is 45.7 Å². The number of anilines is 1. The molecule has 0 bridgehead atoms. The number of benzene rings is 1. The molecule has 0 saturated heterocycles. The third-order valence-corrected chi connectivity index (χ3v) is 5.33. The number of nitro groups is 1. The highest BCUT2D eigenvalue weighted by molar-refractivity contribution is 14.1. The van der Waals surface area contributed by atoms with Gasteiger partial charge in [0.2, 0.25) is 0 Å². The zero-order valence-corrected chi connectivity index (χ0v) is 13.7. The molecule has 2 rings (SSSR count). The maximum Gasteiger partial charge on any atom is 0.293 e. The van der Waals surface area contributed by atoms with Crippen molar-refractivity contribution in [3.05, 3.63) is 31.9 Å². The molecular weight excluding hydrogens is 375 g/mol. The molecule has 0 amide bonds. The Bertz CT molecular complexity index is 462. The summed E-state index contributed by atoms with van der Waals surface area (Å²) in [6, 6.07) is 5.71. The fraction of sp³-hybridized carbons (Fsp3) is 0.538. The molecule has 1 aliphatic carbocycles. The maximum atomic E-state index is 11.1. The molecule has 0 aromatic heterocycles. The first-order valence-electron chi connectivity index (χ1n) is 6.33. The number of hydrogen-bond donors (Lipinski definition) is 1. The lowest BCUT2D eigenvalue weighted by Gasteiger charge is -2.28. The third kappa shape index (κ3) is 3.98. The molecule has 104 valence electrons. The smallest absolute Gasteiger partial charge is 0.293 e. The van der Waals surface area contributed by atoms with E-state index in [2.05, 4.69) is 34.2 Å². The van der Waals surface area contributed by atoms with Gasteiger partial charge in [-0.05, 0) is 66.7 Å². The monoisotopic (exact) mass is 392 g/mol. The SMILES string of the molecule is CSC1CCC(Nc2ccc(I)cc2[N+](=O)[O-])CC1. The molecule has 4 nitrogen and oxygen atoms in total. The highest BCUT2D eigenvalue weighted by Gasteiger charge is 2.23. The summed E-state index contributed by atoms with van der Waals surface area (Å²) in [6.07, 6.45) is 6.72. The molecule has 0 spiro atoms. The van der Waals surface area contributed by atoms with Gasteiger partial charge >= 0.3 is 0 Å². The normalized spacial score (nSPS) is 23.1. The second kappa shape index (κ2) is 6.78. The van der Waals surface area contributed by atoms with E-state index in [1.807, 2.05) is 23.9 Å². The molecule has 0 unspecified atom stereocenters. The number of halogens is 1. The summed E-state index contributed by atoms with van der Waals surface area (Å²) in [5, 5.41) is 15.2. The molecule has 1 fully saturated rings. The van der Waals surface area contributed by atoms with Crippen molar-refractivity contribution in [2.45, 2.75) is 37.0 Å². The van der Waals surface area contributed by atoms with Crippen LogP contribution in [0, 0.1) is 13.7 Å². The van der Waals surface area contributed by atoms with Crippen molar-refractivity contribution < 1.29 is 4.92 Å². The van der Waals surface area contributed by atoms with Gasteiger partial charge in [0.25, 0.3) is 5.69 Å². The topological polar surface area (TPSA) is 55.2 Å². The Balaban J connectivity index is 2.05. The quantitative estimate of drug-likeness (QED) is 0.472. The van der Waals surface area contributed by atoms with Crippen LogP contribution < -0.4 is 5.32 Å². The first kappa shape index (κ1) is 14.9. The lowest BCUT2D eigenvalue weighted by atomic mass is 9.94. The fourth-order valence-electron chi connectivity index (χ4n) is 2.44. The molecule has 1 aromatic carbocycles. The van der Waals surface area contributed by atoms with Crippen molar-refractivity contribution in [3.8, 4) is 0 Å². The van der Waals surface area contributed by atoms with Crippen LogP contribution in [-0.2, 0) is 0 Å². The summed E-state index contributed by atoms with van der Waals surface area (Å²) < 4.78 is 0.890. The van der Waals surface area contributed by atoms with Crippen molar-refractivity contribution in [3.63, 3.8) is 0 Å². The zero-order chi connectivity index (χ0) is 13.8. The lowest BCUT2D eigenvalue weighted by Crippen LogP contribution is -2.27. The van der Waals surface area contributed by atoms with Crippen LogP contribution in [0.4, 0.5) is 11.4 Å². The van der Waals surface area contributed by atoms with E-state index in [1.165, 1.54) is 12.8 Å². The minimum Gasteiger partial charge on any atom is -0.377 e. The van der Waals surface area contributed by atoms with E-state index in [1.54, 1.807) is 6.07 Å². The average molecular weight is 392 g/mol. The molecule has 1 aliphatic rings. The van der Waals surface area contributed by atoms with Crippen LogP contribution in [0.25, 0.3) is 0 Å². The maximum absolute atomic E-state index is 11.1. The minimum atomic E-state index is -0.308. The number of nitro benzene ring substituents is 1. The standard InChI is InChI=1S/C13H17IN2O2S/c1-19-11-5-3-10(4-6-11)15-12-7-2-9(14)8-13(12)16(17)18/h2,7-8,10-11,15H,3-6H2,1H3. The molecule has 19 heavy (non-hydrogen) atoms. The molecule has 1 saturated carbocycles. The Morgan fingerprint density at radius 3 is 2.63 bits per heavy atom. The minimum absolute atomic E-state index is 0.180. The summed E-state index contributed by atoms with van der Waals surface area (Å²) in [5.41, 5.74) is 0.830. The molecule has 6 heteroatoms. The summed E-state index contributed by atoms with van der Waals surface area (Å²) >= 11 is 4.03. The van der Waals surface area contributed by atoms with Crippen LogP contribution in [0.15, 0.2) is 18.2 Å². The van der Waals surface area contributed by atoms with E-state index in [0.29, 0.717) is 11.7 Å². The van der Waals surface area contributed by atoms with Gasteiger partial charge in [0.15, 0.2) is 0 Å². The second-order valence-corrected chi connectivity index (χ2v) is 7.16. The predicted octanol–water partition coefficient (Wildman–Crippen LogP) is 4.29. The Hall–Kier alpha value is -0.500. The predicted molar refractivity (Wildman–Crippen MR) is 89.0 cm³/mol. The average Bonchev–Trinajstić information content (AvgIpc) is 2.41. The van der Waals surface area contributed by atoms with Gasteiger partial charge in [-0.15, -0.1) is 0 Å². The van der Waals surface area contributed by atoms with Gasteiger partial charge in [0.05, 0.1) is 4.92 Å². The van der Waals surface area contributed by atoms with Crippen LogP contribution in [0.2, 0.25) is 0 Å². The Morgan fingerprint density at radius 2 is 2.05 bits per heavy atom. The van der Waals surface area contributed by atoms with Crippen molar-refractivity contribution in [1.82, 2.24) is 0 Å². The van der Waals surface area contributed by atoms with Gasteiger partial charge in [-0.3, -0.25) is 10.1 Å². The van der Waals surface area contributed by atoms with Gasteiger partial charge in [-0.1, -0.05) is 0 Å². The highest BCUT2D eigenvalue weighted by Crippen LogP contribution is 2.32. The summed E-state index contributed by atoms with van der Waals surface area (Å²) in [7, 11) is 0. The van der Waals surface area contributed by atoms with Crippen LogP contribution in [0.5, 0.6) is 0 Å².